The van der Waals surface area contributed by atoms with Crippen LogP contribution in [0.4, 0.5) is 0 Å². The van der Waals surface area contributed by atoms with Crippen molar-refractivity contribution >= 4 is 0 Å². The maximum atomic E-state index is 3.58. The minimum atomic E-state index is 0.624. The second-order valence-electron chi connectivity index (χ2n) is 6.90. The normalized spacial score (nSPS) is 27.5. The molecule has 2 heteroatoms. The number of nitrogens with zero attached hydrogens (tertiary/aromatic N) is 1. The van der Waals surface area contributed by atoms with Gasteiger partial charge in [0.05, 0.1) is 0 Å². The van der Waals surface area contributed by atoms with Crippen LogP contribution in [-0.4, -0.2) is 37.6 Å². The minimum Gasteiger partial charge on any atom is -0.315 e. The van der Waals surface area contributed by atoms with Gasteiger partial charge in [-0.15, -0.1) is 0 Å². The van der Waals surface area contributed by atoms with Gasteiger partial charge >= 0.3 is 0 Å². The molecule has 1 saturated heterocycles. The summed E-state index contributed by atoms with van der Waals surface area (Å²) < 4.78 is 0. The summed E-state index contributed by atoms with van der Waals surface area (Å²) in [7, 11) is 2.16. The monoisotopic (exact) mass is 252 g/mol. The van der Waals surface area contributed by atoms with Gasteiger partial charge in [-0.1, -0.05) is 33.1 Å². The van der Waals surface area contributed by atoms with E-state index < -0.39 is 0 Å². The van der Waals surface area contributed by atoms with Crippen LogP contribution in [0.15, 0.2) is 0 Å². The molecule has 106 valence electrons. The summed E-state index contributed by atoms with van der Waals surface area (Å²) in [5, 5.41) is 3.58. The zero-order valence-corrected chi connectivity index (χ0v) is 12.7. The zero-order valence-electron chi connectivity index (χ0n) is 12.7. The molecule has 0 aromatic carbocycles. The minimum absolute atomic E-state index is 0.624. The number of nitrogens with one attached hydrogen (secondary N) is 1. The van der Waals surface area contributed by atoms with Gasteiger partial charge in [0.15, 0.2) is 0 Å². The number of piperidine rings is 1. The number of rotatable bonds is 5. The highest BCUT2D eigenvalue weighted by molar-refractivity contribution is 4.86. The molecular weight excluding hydrogens is 220 g/mol. The van der Waals surface area contributed by atoms with Crippen molar-refractivity contribution in [2.75, 3.05) is 26.7 Å². The van der Waals surface area contributed by atoms with Crippen molar-refractivity contribution < 1.29 is 0 Å². The molecular formula is C16H32N2. The molecule has 0 aromatic rings. The largest absolute Gasteiger partial charge is 0.315 e. The van der Waals surface area contributed by atoms with Gasteiger partial charge in [0.2, 0.25) is 0 Å². The smallest absolute Gasteiger partial charge is 0.0220 e. The molecule has 1 saturated carbocycles. The quantitative estimate of drug-likeness (QED) is 0.808. The first-order valence-corrected chi connectivity index (χ1v) is 8.06. The van der Waals surface area contributed by atoms with Crippen LogP contribution in [0.25, 0.3) is 0 Å². The first kappa shape index (κ1) is 14.3. The fraction of sp³-hybridized carbons (Fsp3) is 1.00. The molecule has 0 aromatic heterocycles. The summed E-state index contributed by atoms with van der Waals surface area (Å²) in [6.07, 6.45) is 9.94. The fourth-order valence-electron chi connectivity index (χ4n) is 3.74. The molecule has 0 amide bonds. The van der Waals surface area contributed by atoms with Gasteiger partial charge in [-0.3, -0.25) is 0 Å². The lowest BCUT2D eigenvalue weighted by Gasteiger charge is -2.41. The van der Waals surface area contributed by atoms with Crippen LogP contribution in [0.3, 0.4) is 0 Å². The van der Waals surface area contributed by atoms with Crippen molar-refractivity contribution in [1.82, 2.24) is 10.2 Å². The Morgan fingerprint density at radius 1 is 1.22 bits per heavy atom. The topological polar surface area (TPSA) is 15.3 Å². The molecule has 2 aliphatic rings. The molecule has 0 radical (unpaired) electrons. The molecule has 18 heavy (non-hydrogen) atoms. The van der Waals surface area contributed by atoms with Crippen molar-refractivity contribution in [3.05, 3.63) is 0 Å². The van der Waals surface area contributed by atoms with E-state index in [2.05, 4.69) is 31.1 Å². The number of likely N-dealkylation sites (tertiary alicyclic amines) is 1. The third-order valence-electron chi connectivity index (χ3n) is 5.71. The molecule has 2 rings (SSSR count). The van der Waals surface area contributed by atoms with Crippen LogP contribution in [0.1, 0.15) is 58.8 Å². The second kappa shape index (κ2) is 6.38. The van der Waals surface area contributed by atoms with E-state index in [1.807, 2.05) is 0 Å². The van der Waals surface area contributed by atoms with Gasteiger partial charge < -0.3 is 10.2 Å². The number of hydrogen-bond donors (Lipinski definition) is 1. The Morgan fingerprint density at radius 3 is 2.33 bits per heavy atom. The van der Waals surface area contributed by atoms with Crippen molar-refractivity contribution in [3.63, 3.8) is 0 Å². The summed E-state index contributed by atoms with van der Waals surface area (Å²) in [5.74, 6) is 0.939. The van der Waals surface area contributed by atoms with E-state index in [1.54, 1.807) is 0 Å². The van der Waals surface area contributed by atoms with E-state index in [-0.39, 0.29) is 0 Å². The highest BCUT2D eigenvalue weighted by atomic mass is 15.2. The van der Waals surface area contributed by atoms with E-state index in [9.17, 15) is 0 Å². The molecule has 1 aliphatic heterocycles. The molecule has 1 unspecified atom stereocenters. The second-order valence-corrected chi connectivity index (χ2v) is 6.90. The summed E-state index contributed by atoms with van der Waals surface area (Å²) in [6.45, 7) is 8.73. The van der Waals surface area contributed by atoms with Crippen molar-refractivity contribution in [2.45, 2.75) is 64.8 Å². The van der Waals surface area contributed by atoms with Crippen LogP contribution in [0.2, 0.25) is 0 Å². The van der Waals surface area contributed by atoms with Crippen molar-refractivity contribution in [3.8, 4) is 0 Å². The molecule has 2 nitrogen and oxygen atoms in total. The maximum Gasteiger partial charge on any atom is 0.0220 e. The number of likely N-dealkylation sites (N-methyl/N-ethyl adjacent to an activating group) is 1. The van der Waals surface area contributed by atoms with Crippen LogP contribution in [0.5, 0.6) is 0 Å². The summed E-state index contributed by atoms with van der Waals surface area (Å²) in [4.78, 5) is 2.71. The maximum absolute atomic E-state index is 3.58. The Balaban J connectivity index is 1.79. The van der Waals surface area contributed by atoms with E-state index in [4.69, 9.17) is 0 Å². The lowest BCUT2D eigenvalue weighted by molar-refractivity contribution is 0.0996. The van der Waals surface area contributed by atoms with Gasteiger partial charge in [-0.25, -0.2) is 0 Å². The van der Waals surface area contributed by atoms with Gasteiger partial charge in [0, 0.05) is 12.6 Å². The zero-order chi connectivity index (χ0) is 13.0. The molecule has 1 heterocycles. The fourth-order valence-corrected chi connectivity index (χ4v) is 3.74. The third kappa shape index (κ3) is 3.48. The molecule has 1 N–H and O–H groups in total. The van der Waals surface area contributed by atoms with Crippen LogP contribution in [0, 0.1) is 11.3 Å². The summed E-state index contributed by atoms with van der Waals surface area (Å²) >= 11 is 0. The molecule has 0 spiro atoms. The first-order chi connectivity index (χ1) is 8.67. The average molecular weight is 252 g/mol. The highest BCUT2D eigenvalue weighted by Gasteiger charge is 2.31. The first-order valence-electron chi connectivity index (χ1n) is 8.06. The Bertz CT molecular complexity index is 237. The average Bonchev–Trinajstić information content (AvgIpc) is 2.92. The van der Waals surface area contributed by atoms with E-state index >= 15 is 0 Å². The van der Waals surface area contributed by atoms with Crippen molar-refractivity contribution in [2.24, 2.45) is 11.3 Å². The lowest BCUT2D eigenvalue weighted by Crippen LogP contribution is -2.47. The molecule has 1 aliphatic carbocycles. The summed E-state index contributed by atoms with van der Waals surface area (Å²) in [5.41, 5.74) is 0.624. The Morgan fingerprint density at radius 2 is 1.83 bits per heavy atom. The van der Waals surface area contributed by atoms with Gasteiger partial charge in [-0.05, 0) is 57.2 Å². The van der Waals surface area contributed by atoms with Gasteiger partial charge in [0.25, 0.3) is 0 Å². The predicted octanol–water partition coefficient (Wildman–Crippen LogP) is 3.28. The third-order valence-corrected chi connectivity index (χ3v) is 5.71. The molecule has 2 fully saturated rings. The Labute approximate surface area is 114 Å². The number of hydrogen-bond acceptors (Lipinski definition) is 2. The Kier molecular flexibility index (Phi) is 5.08. The molecule has 0 bridgehead atoms. The van der Waals surface area contributed by atoms with E-state index in [0.717, 1.165) is 12.0 Å². The van der Waals surface area contributed by atoms with Crippen LogP contribution >= 0.6 is 0 Å². The van der Waals surface area contributed by atoms with E-state index in [0.29, 0.717) is 5.41 Å². The SMILES string of the molecule is CCC1(C)CCN(CC(NC)C2CCCC2)CC1. The van der Waals surface area contributed by atoms with E-state index in [1.165, 1.54) is 64.6 Å². The lowest BCUT2D eigenvalue weighted by atomic mass is 9.78. The van der Waals surface area contributed by atoms with Crippen LogP contribution in [-0.2, 0) is 0 Å². The van der Waals surface area contributed by atoms with Gasteiger partial charge in [-0.2, -0.15) is 0 Å². The van der Waals surface area contributed by atoms with Crippen LogP contribution < -0.4 is 5.32 Å². The molecule has 1 atom stereocenters. The highest BCUT2D eigenvalue weighted by Crippen LogP contribution is 2.34. The van der Waals surface area contributed by atoms with Gasteiger partial charge in [0.1, 0.15) is 0 Å². The Hall–Kier alpha value is -0.0800. The summed E-state index contributed by atoms with van der Waals surface area (Å²) in [6, 6.07) is 0.735. The standard InChI is InChI=1S/C16H32N2/c1-4-16(2)9-11-18(12-10-16)13-15(17-3)14-7-5-6-8-14/h14-15,17H,4-13H2,1-3H3. The van der Waals surface area contributed by atoms with Crippen molar-refractivity contribution in [1.29, 1.82) is 0 Å². The predicted molar refractivity (Wildman–Crippen MR) is 78.9 cm³/mol.